The summed E-state index contributed by atoms with van der Waals surface area (Å²) in [6.07, 6.45) is 4.30. The van der Waals surface area contributed by atoms with Gasteiger partial charge in [0.05, 0.1) is 40.0 Å². The number of hydrogen-bond donors (Lipinski definition) is 3. The lowest BCUT2D eigenvalue weighted by atomic mass is 9.51. The van der Waals surface area contributed by atoms with Crippen LogP contribution in [-0.2, 0) is 32.6 Å². The van der Waals surface area contributed by atoms with Gasteiger partial charge in [-0.25, -0.2) is 4.90 Å². The number of allylic oxidation sites excluding steroid dienone is 3. The third-order valence-corrected chi connectivity index (χ3v) is 14.6. The first kappa shape index (κ1) is 36.8. The highest BCUT2D eigenvalue weighted by Crippen LogP contribution is 2.63. The van der Waals surface area contributed by atoms with E-state index in [1.165, 1.54) is 23.1 Å². The summed E-state index contributed by atoms with van der Waals surface area (Å²) in [6, 6.07) is 18.4. The van der Waals surface area contributed by atoms with E-state index in [2.05, 4.69) is 0 Å². The lowest BCUT2D eigenvalue weighted by Crippen LogP contribution is -2.51. The summed E-state index contributed by atoms with van der Waals surface area (Å²) < 4.78 is 8.72. The SMILES string of the molecule is Cc1c(-c2cc(N3C(=O)C4CC5C(=CCC6C(=O)N(c7cccc(B(O)O)c7)C(=O)C65)C(C5=COc6ccc(O)cc6C5)C4(C)C3=O)n(C)n2)sc2ccc(Cl)cc12. The van der Waals surface area contributed by atoms with Crippen molar-refractivity contribution >= 4 is 80.7 Å². The van der Waals surface area contributed by atoms with E-state index in [-0.39, 0.29) is 29.7 Å². The van der Waals surface area contributed by atoms with E-state index in [0.29, 0.717) is 39.8 Å². The van der Waals surface area contributed by atoms with Gasteiger partial charge in [0.15, 0.2) is 0 Å². The second-order valence-corrected chi connectivity index (χ2v) is 17.6. The predicted octanol–water partition coefficient (Wildman–Crippen LogP) is 5.44. The number of ether oxygens (including phenoxy) is 1. The summed E-state index contributed by atoms with van der Waals surface area (Å²) in [6.45, 7) is 3.82. The number of rotatable bonds is 5. The molecule has 3 N–H and O–H groups in total. The van der Waals surface area contributed by atoms with Crippen LogP contribution in [0.1, 0.15) is 30.9 Å². The lowest BCUT2D eigenvalue weighted by Gasteiger charge is -2.49. The van der Waals surface area contributed by atoms with Crippen molar-refractivity contribution in [3.8, 4) is 22.1 Å². The lowest BCUT2D eigenvalue weighted by molar-refractivity contribution is -0.132. The van der Waals surface area contributed by atoms with Crippen molar-refractivity contribution in [1.82, 2.24) is 9.78 Å². The average Bonchev–Trinajstić information content (AvgIpc) is 3.87. The normalized spacial score (nSPS) is 26.3. The molecule has 15 heteroatoms. The van der Waals surface area contributed by atoms with E-state index in [1.807, 2.05) is 38.1 Å². The maximum atomic E-state index is 15.3. The van der Waals surface area contributed by atoms with E-state index in [1.54, 1.807) is 59.7 Å². The van der Waals surface area contributed by atoms with E-state index >= 15 is 9.59 Å². The molecule has 4 amide bonds. The fourth-order valence-electron chi connectivity index (χ4n) is 10.4. The third-order valence-electron chi connectivity index (χ3n) is 13.1. The van der Waals surface area contributed by atoms with Crippen molar-refractivity contribution < 1.29 is 39.1 Å². The van der Waals surface area contributed by atoms with Gasteiger partial charge in [0, 0.05) is 40.7 Å². The monoisotopic (exact) mass is 814 g/mol. The van der Waals surface area contributed by atoms with Gasteiger partial charge in [-0.3, -0.25) is 28.8 Å². The predicted molar refractivity (Wildman–Crippen MR) is 218 cm³/mol. The summed E-state index contributed by atoms with van der Waals surface area (Å²) in [7, 11) is -0.0907. The number of aryl methyl sites for hydroxylation is 2. The Bertz CT molecular complexity index is 2740. The highest BCUT2D eigenvalue weighted by atomic mass is 35.5. The van der Waals surface area contributed by atoms with E-state index < -0.39 is 65.8 Å². The van der Waals surface area contributed by atoms with Crippen LogP contribution in [0, 0.1) is 41.9 Å². The van der Waals surface area contributed by atoms with Gasteiger partial charge in [-0.05, 0) is 103 Å². The number of aromatic nitrogens is 2. The summed E-state index contributed by atoms with van der Waals surface area (Å²) >= 11 is 7.88. The summed E-state index contributed by atoms with van der Waals surface area (Å²) in [5, 5.41) is 36.5. The van der Waals surface area contributed by atoms with Gasteiger partial charge in [0.2, 0.25) is 23.6 Å². The number of carbonyl (C=O) groups is 4. The van der Waals surface area contributed by atoms with Crippen LogP contribution >= 0.6 is 22.9 Å². The van der Waals surface area contributed by atoms with Crippen LogP contribution in [0.4, 0.5) is 11.5 Å². The molecule has 3 aromatic carbocycles. The van der Waals surface area contributed by atoms with Crippen molar-refractivity contribution in [1.29, 1.82) is 0 Å². The highest BCUT2D eigenvalue weighted by Gasteiger charge is 2.68. The molecule has 0 radical (unpaired) electrons. The molecule has 0 spiro atoms. The Morgan fingerprint density at radius 3 is 2.57 bits per heavy atom. The fourth-order valence-corrected chi connectivity index (χ4v) is 11.7. The number of nitrogens with zero attached hydrogens (tertiary/aromatic N) is 4. The second-order valence-electron chi connectivity index (χ2n) is 16.1. The zero-order valence-electron chi connectivity index (χ0n) is 31.5. The molecule has 3 fully saturated rings. The number of halogens is 1. The minimum Gasteiger partial charge on any atom is -0.508 e. The first-order chi connectivity index (χ1) is 27.8. The Balaban J connectivity index is 1.07. The molecule has 6 atom stereocenters. The van der Waals surface area contributed by atoms with Gasteiger partial charge in [-0.1, -0.05) is 35.4 Å². The van der Waals surface area contributed by atoms with Crippen LogP contribution in [0.25, 0.3) is 20.7 Å². The van der Waals surface area contributed by atoms with E-state index in [4.69, 9.17) is 21.4 Å². The molecule has 292 valence electrons. The zero-order chi connectivity index (χ0) is 40.5. The third kappa shape index (κ3) is 5.18. The van der Waals surface area contributed by atoms with Crippen molar-refractivity contribution in [3.63, 3.8) is 0 Å². The maximum absolute atomic E-state index is 15.3. The number of carbonyl (C=O) groups excluding carboxylic acids is 4. The molecule has 5 aromatic rings. The molecule has 12 nitrogen and oxygen atoms in total. The van der Waals surface area contributed by atoms with Gasteiger partial charge >= 0.3 is 7.12 Å². The van der Waals surface area contributed by atoms with Gasteiger partial charge < -0.3 is 19.9 Å². The first-order valence-corrected chi connectivity index (χ1v) is 20.3. The van der Waals surface area contributed by atoms with Gasteiger partial charge in [-0.15, -0.1) is 11.3 Å². The smallest absolute Gasteiger partial charge is 0.488 e. The number of hydrogen-bond acceptors (Lipinski definition) is 10. The quantitative estimate of drug-likeness (QED) is 0.119. The van der Waals surface area contributed by atoms with Crippen LogP contribution in [0.3, 0.4) is 0 Å². The number of amides is 4. The number of benzene rings is 3. The molecule has 1 saturated carbocycles. The molecule has 0 bridgehead atoms. The minimum atomic E-state index is -1.80. The fraction of sp³-hybridized carbons (Fsp3) is 0.279. The number of anilines is 2. The number of imide groups is 2. The van der Waals surface area contributed by atoms with Crippen molar-refractivity contribution in [2.75, 3.05) is 9.80 Å². The second kappa shape index (κ2) is 13.0. The van der Waals surface area contributed by atoms with Crippen molar-refractivity contribution in [3.05, 3.63) is 106 Å². The largest absolute Gasteiger partial charge is 0.508 e. The first-order valence-electron chi connectivity index (χ1n) is 19.1. The van der Waals surface area contributed by atoms with Crippen LogP contribution in [0.5, 0.6) is 11.5 Å². The van der Waals surface area contributed by atoms with E-state index in [0.717, 1.165) is 31.0 Å². The molecular weight excluding hydrogens is 779 g/mol. The molecule has 5 aliphatic rings. The molecule has 2 saturated heterocycles. The molecule has 2 aliphatic carbocycles. The molecule has 10 rings (SSSR count). The van der Waals surface area contributed by atoms with Crippen molar-refractivity contribution in [2.24, 2.45) is 42.1 Å². The average molecular weight is 815 g/mol. The Morgan fingerprint density at radius 2 is 1.78 bits per heavy atom. The minimum absolute atomic E-state index is 0.0594. The van der Waals surface area contributed by atoms with E-state index in [9.17, 15) is 24.7 Å². The van der Waals surface area contributed by atoms with Crippen LogP contribution < -0.4 is 20.0 Å². The highest BCUT2D eigenvalue weighted by molar-refractivity contribution is 7.22. The summed E-state index contributed by atoms with van der Waals surface area (Å²) in [5.74, 6) is -4.41. The number of thiophene rings is 1. The van der Waals surface area contributed by atoms with Gasteiger partial charge in [0.25, 0.3) is 0 Å². The topological polar surface area (TPSA) is 162 Å². The maximum Gasteiger partial charge on any atom is 0.488 e. The van der Waals surface area contributed by atoms with Crippen LogP contribution in [0.15, 0.2) is 90.2 Å². The Labute approximate surface area is 341 Å². The van der Waals surface area contributed by atoms with Gasteiger partial charge in [0.1, 0.15) is 23.0 Å². The molecule has 58 heavy (non-hydrogen) atoms. The summed E-state index contributed by atoms with van der Waals surface area (Å²) in [4.78, 5) is 62.2. The Morgan fingerprint density at radius 1 is 0.966 bits per heavy atom. The summed E-state index contributed by atoms with van der Waals surface area (Å²) in [5.41, 5.74) is 2.87. The van der Waals surface area contributed by atoms with Gasteiger partial charge in [-0.2, -0.15) is 5.10 Å². The molecule has 2 aromatic heterocycles. The molecule has 6 unspecified atom stereocenters. The number of aromatic hydroxyl groups is 1. The standard InChI is InChI=1S/C43H36BClN4O8S/c1-20-29-16-24(45)7-12-34(29)58-38(20)32-18-35(47(3)46-32)49-40(52)31-17-30-27(37(43(31,2)42(49)54)22-13-21-14-26(50)8-11-33(21)57-19-22)9-10-28-36(30)41(53)48(39(28)51)25-6-4-5-23(15-25)44(55)56/h4-9,11-12,14-16,18-19,28,30-31,36-37,50,55-56H,10,13,17H2,1-3H3. The van der Waals surface area contributed by atoms with Crippen LogP contribution in [-0.4, -0.2) is 55.7 Å². The Hall–Kier alpha value is -5.54. The zero-order valence-corrected chi connectivity index (χ0v) is 33.1. The molecular formula is C43H36BClN4O8S. The van der Waals surface area contributed by atoms with Crippen molar-refractivity contribution in [2.45, 2.75) is 33.1 Å². The number of phenolic OH excluding ortho intramolecular Hbond substituents is 1. The Kier molecular flexibility index (Phi) is 8.24. The van der Waals surface area contributed by atoms with Crippen LogP contribution in [0.2, 0.25) is 5.02 Å². The molecule has 5 heterocycles. The number of fused-ring (bicyclic) bond motifs is 6. The molecule has 3 aliphatic heterocycles. The number of phenols is 1.